The highest BCUT2D eigenvalue weighted by atomic mass is 79.9. The summed E-state index contributed by atoms with van der Waals surface area (Å²) >= 11 is 3.17. The Morgan fingerprint density at radius 2 is 1.83 bits per heavy atom. The Labute approximate surface area is 110 Å². The number of rotatable bonds is 2. The molecule has 0 bridgehead atoms. The molecule has 0 N–H and O–H groups in total. The fourth-order valence-corrected chi connectivity index (χ4v) is 1.71. The summed E-state index contributed by atoms with van der Waals surface area (Å²) in [6.45, 7) is 0. The molecule has 0 radical (unpaired) electrons. The molecule has 0 atom stereocenters. The molecule has 0 amide bonds. The topological polar surface area (TPSA) is 22.1 Å². The van der Waals surface area contributed by atoms with Crippen molar-refractivity contribution in [3.8, 4) is 11.5 Å². The van der Waals surface area contributed by atoms with Crippen LogP contribution >= 0.6 is 15.9 Å². The number of ether oxygens (including phenoxy) is 1. The molecule has 0 aliphatic heterocycles. The van der Waals surface area contributed by atoms with Gasteiger partial charge in [-0.3, -0.25) is 4.98 Å². The predicted octanol–water partition coefficient (Wildman–Crippen LogP) is 4.66. The molecule has 0 fully saturated rings. The molecule has 0 aliphatic carbocycles. The van der Waals surface area contributed by atoms with E-state index >= 15 is 0 Å². The minimum Gasteiger partial charge on any atom is -0.455 e. The van der Waals surface area contributed by atoms with E-state index in [2.05, 4.69) is 20.9 Å². The molecule has 0 aliphatic rings. The summed E-state index contributed by atoms with van der Waals surface area (Å²) in [6.07, 6.45) is -1.59. The lowest BCUT2D eigenvalue weighted by molar-refractivity contribution is -0.138. The Kier molecular flexibility index (Phi) is 3.56. The Morgan fingerprint density at radius 1 is 1.11 bits per heavy atom. The number of benzene rings is 1. The van der Waals surface area contributed by atoms with Gasteiger partial charge < -0.3 is 4.74 Å². The normalized spacial score (nSPS) is 11.3. The number of para-hydroxylation sites is 1. The standard InChI is InChI=1S/C12H7BrF3NO/c13-8-5-9(7-17-6-8)18-11-4-2-1-3-10(11)12(14,15)16/h1-7H. The first-order valence-electron chi connectivity index (χ1n) is 4.91. The summed E-state index contributed by atoms with van der Waals surface area (Å²) in [6, 6.07) is 6.58. The van der Waals surface area contributed by atoms with Crippen LogP contribution in [0.15, 0.2) is 47.2 Å². The van der Waals surface area contributed by atoms with E-state index < -0.39 is 11.7 Å². The summed E-state index contributed by atoms with van der Waals surface area (Å²) in [5.41, 5.74) is -0.815. The third-order valence-corrected chi connectivity index (χ3v) is 2.53. The van der Waals surface area contributed by atoms with Gasteiger partial charge in [0.1, 0.15) is 11.5 Å². The van der Waals surface area contributed by atoms with Gasteiger partial charge in [0, 0.05) is 10.7 Å². The van der Waals surface area contributed by atoms with Gasteiger partial charge in [-0.05, 0) is 34.1 Å². The van der Waals surface area contributed by atoms with E-state index in [1.54, 1.807) is 6.07 Å². The van der Waals surface area contributed by atoms with Gasteiger partial charge in [-0.1, -0.05) is 12.1 Å². The van der Waals surface area contributed by atoms with Crippen LogP contribution in [0.5, 0.6) is 11.5 Å². The van der Waals surface area contributed by atoms with Crippen molar-refractivity contribution in [1.29, 1.82) is 0 Å². The van der Waals surface area contributed by atoms with Crippen molar-refractivity contribution in [1.82, 2.24) is 4.98 Å². The Balaban J connectivity index is 2.35. The largest absolute Gasteiger partial charge is 0.455 e. The van der Waals surface area contributed by atoms with Gasteiger partial charge in [-0.2, -0.15) is 13.2 Å². The zero-order chi connectivity index (χ0) is 13.2. The smallest absolute Gasteiger partial charge is 0.419 e. The minimum atomic E-state index is -4.45. The molecule has 0 saturated heterocycles. The number of aromatic nitrogens is 1. The van der Waals surface area contributed by atoms with Gasteiger partial charge >= 0.3 is 6.18 Å². The van der Waals surface area contributed by atoms with Crippen molar-refractivity contribution in [2.75, 3.05) is 0 Å². The second-order valence-electron chi connectivity index (χ2n) is 3.43. The summed E-state index contributed by atoms with van der Waals surface area (Å²) in [5, 5.41) is 0. The maximum absolute atomic E-state index is 12.7. The zero-order valence-corrected chi connectivity index (χ0v) is 10.5. The maximum atomic E-state index is 12.7. The van der Waals surface area contributed by atoms with Crippen LogP contribution < -0.4 is 4.74 Å². The second kappa shape index (κ2) is 4.97. The van der Waals surface area contributed by atoms with E-state index in [1.165, 1.54) is 30.6 Å². The van der Waals surface area contributed by atoms with Gasteiger partial charge in [0.15, 0.2) is 0 Å². The predicted molar refractivity (Wildman–Crippen MR) is 63.5 cm³/mol. The fourth-order valence-electron chi connectivity index (χ4n) is 1.36. The lowest BCUT2D eigenvalue weighted by atomic mass is 10.2. The third kappa shape index (κ3) is 3.01. The van der Waals surface area contributed by atoms with Crippen LogP contribution in [-0.4, -0.2) is 4.98 Å². The monoisotopic (exact) mass is 317 g/mol. The quantitative estimate of drug-likeness (QED) is 0.804. The zero-order valence-electron chi connectivity index (χ0n) is 8.91. The van der Waals surface area contributed by atoms with Crippen molar-refractivity contribution in [2.45, 2.75) is 6.18 Å². The van der Waals surface area contributed by atoms with Crippen molar-refractivity contribution in [3.05, 3.63) is 52.8 Å². The number of pyridine rings is 1. The van der Waals surface area contributed by atoms with Gasteiger partial charge in [-0.15, -0.1) is 0 Å². The summed E-state index contributed by atoms with van der Waals surface area (Å²) < 4.78 is 44.0. The van der Waals surface area contributed by atoms with Gasteiger partial charge in [-0.25, -0.2) is 0 Å². The Bertz CT molecular complexity index is 557. The van der Waals surface area contributed by atoms with Crippen molar-refractivity contribution < 1.29 is 17.9 Å². The summed E-state index contributed by atoms with van der Waals surface area (Å²) in [4.78, 5) is 3.82. The molecule has 1 aromatic carbocycles. The number of hydrogen-bond donors (Lipinski definition) is 0. The van der Waals surface area contributed by atoms with Crippen LogP contribution in [0, 0.1) is 0 Å². The highest BCUT2D eigenvalue weighted by Crippen LogP contribution is 2.37. The average molecular weight is 318 g/mol. The molecule has 94 valence electrons. The van der Waals surface area contributed by atoms with Crippen LogP contribution in [0.2, 0.25) is 0 Å². The van der Waals surface area contributed by atoms with Crippen molar-refractivity contribution in [2.24, 2.45) is 0 Å². The van der Waals surface area contributed by atoms with E-state index in [-0.39, 0.29) is 11.5 Å². The van der Waals surface area contributed by atoms with E-state index in [9.17, 15) is 13.2 Å². The highest BCUT2D eigenvalue weighted by molar-refractivity contribution is 9.10. The molecule has 6 heteroatoms. The lowest BCUT2D eigenvalue weighted by Crippen LogP contribution is -2.06. The summed E-state index contributed by atoms with van der Waals surface area (Å²) in [7, 11) is 0. The van der Waals surface area contributed by atoms with E-state index in [0.717, 1.165) is 6.07 Å². The molecule has 1 heterocycles. The molecule has 2 nitrogen and oxygen atoms in total. The number of hydrogen-bond acceptors (Lipinski definition) is 2. The minimum absolute atomic E-state index is 0.237. The first-order valence-corrected chi connectivity index (χ1v) is 5.71. The molecular formula is C12H7BrF3NO. The van der Waals surface area contributed by atoms with Crippen LogP contribution in [0.4, 0.5) is 13.2 Å². The molecule has 2 aromatic rings. The summed E-state index contributed by atoms with van der Waals surface area (Å²) in [5.74, 6) is -0.00836. The molecule has 0 saturated carbocycles. The molecule has 1 aromatic heterocycles. The molecular weight excluding hydrogens is 311 g/mol. The van der Waals surface area contributed by atoms with Crippen LogP contribution in [0.25, 0.3) is 0 Å². The maximum Gasteiger partial charge on any atom is 0.419 e. The van der Waals surface area contributed by atoms with E-state index in [1.807, 2.05) is 0 Å². The molecule has 18 heavy (non-hydrogen) atoms. The molecule has 2 rings (SSSR count). The first-order chi connectivity index (χ1) is 8.47. The van der Waals surface area contributed by atoms with E-state index in [4.69, 9.17) is 4.74 Å². The van der Waals surface area contributed by atoms with Crippen LogP contribution in [0.1, 0.15) is 5.56 Å². The van der Waals surface area contributed by atoms with Crippen LogP contribution in [-0.2, 0) is 6.18 Å². The molecule has 0 spiro atoms. The Hall–Kier alpha value is -1.56. The van der Waals surface area contributed by atoms with Gasteiger partial charge in [0.2, 0.25) is 0 Å². The van der Waals surface area contributed by atoms with Crippen LogP contribution in [0.3, 0.4) is 0 Å². The third-order valence-electron chi connectivity index (χ3n) is 2.10. The van der Waals surface area contributed by atoms with Crippen molar-refractivity contribution >= 4 is 15.9 Å². The Morgan fingerprint density at radius 3 is 2.50 bits per heavy atom. The van der Waals surface area contributed by atoms with E-state index in [0.29, 0.717) is 4.47 Å². The number of alkyl halides is 3. The fraction of sp³-hybridized carbons (Fsp3) is 0.0833. The first kappa shape index (κ1) is 12.9. The van der Waals surface area contributed by atoms with Gasteiger partial charge in [0.25, 0.3) is 0 Å². The SMILES string of the molecule is FC(F)(F)c1ccccc1Oc1cncc(Br)c1. The lowest BCUT2D eigenvalue weighted by Gasteiger charge is -2.13. The van der Waals surface area contributed by atoms with Crippen molar-refractivity contribution in [3.63, 3.8) is 0 Å². The number of nitrogens with zero attached hydrogens (tertiary/aromatic N) is 1. The highest BCUT2D eigenvalue weighted by Gasteiger charge is 2.34. The average Bonchev–Trinajstić information content (AvgIpc) is 2.28. The molecule has 0 unspecified atom stereocenters. The number of halogens is 4. The van der Waals surface area contributed by atoms with Gasteiger partial charge in [0.05, 0.1) is 11.8 Å². The second-order valence-corrected chi connectivity index (χ2v) is 4.35.